The molecule has 0 aliphatic carbocycles. The fourth-order valence-corrected chi connectivity index (χ4v) is 2.89. The summed E-state index contributed by atoms with van der Waals surface area (Å²) in [5.41, 5.74) is 4.27. The zero-order chi connectivity index (χ0) is 19.1. The zero-order valence-electron chi connectivity index (χ0n) is 15.9. The third-order valence-corrected chi connectivity index (χ3v) is 4.37. The molecule has 0 amide bonds. The van der Waals surface area contributed by atoms with Crippen molar-refractivity contribution in [3.63, 3.8) is 0 Å². The SMILES string of the molecule is CCOC(=O)C(C(C)=O)C(/C=C/c1ccc(C)cc1)c1ccc(C)cc1. The van der Waals surface area contributed by atoms with Gasteiger partial charge in [-0.3, -0.25) is 9.59 Å². The fraction of sp³-hybridized carbons (Fsp3) is 0.304. The average Bonchev–Trinajstić information content (AvgIpc) is 2.60. The van der Waals surface area contributed by atoms with Gasteiger partial charge in [0.25, 0.3) is 0 Å². The van der Waals surface area contributed by atoms with Crippen LogP contribution >= 0.6 is 0 Å². The molecule has 0 aliphatic heterocycles. The summed E-state index contributed by atoms with van der Waals surface area (Å²) in [5.74, 6) is -1.88. The van der Waals surface area contributed by atoms with Crippen molar-refractivity contribution in [1.82, 2.24) is 0 Å². The Kier molecular flexibility index (Phi) is 6.90. The molecule has 3 nitrogen and oxygen atoms in total. The normalized spacial score (nSPS) is 13.4. The van der Waals surface area contributed by atoms with E-state index in [0.717, 1.165) is 16.7 Å². The lowest BCUT2D eigenvalue weighted by atomic mass is 9.82. The third-order valence-electron chi connectivity index (χ3n) is 4.37. The number of benzene rings is 2. The Labute approximate surface area is 155 Å². The van der Waals surface area contributed by atoms with Gasteiger partial charge >= 0.3 is 5.97 Å². The molecule has 0 bridgehead atoms. The van der Waals surface area contributed by atoms with E-state index in [0.29, 0.717) is 0 Å². The fourth-order valence-electron chi connectivity index (χ4n) is 2.89. The Hall–Kier alpha value is -2.68. The van der Waals surface area contributed by atoms with Crippen LogP contribution in [0.4, 0.5) is 0 Å². The Morgan fingerprint density at radius 3 is 2.00 bits per heavy atom. The maximum Gasteiger partial charge on any atom is 0.317 e. The first-order valence-electron chi connectivity index (χ1n) is 8.91. The molecule has 0 spiro atoms. The molecule has 0 saturated heterocycles. The molecule has 0 aromatic heterocycles. The molecular formula is C23H26O3. The summed E-state index contributed by atoms with van der Waals surface area (Å²) in [5, 5.41) is 0. The predicted molar refractivity (Wildman–Crippen MR) is 105 cm³/mol. The van der Waals surface area contributed by atoms with Crippen molar-refractivity contribution in [1.29, 1.82) is 0 Å². The number of carbonyl (C=O) groups excluding carboxylic acids is 2. The molecule has 0 fully saturated rings. The third kappa shape index (κ3) is 5.16. The number of hydrogen-bond acceptors (Lipinski definition) is 3. The summed E-state index contributed by atoms with van der Waals surface area (Å²) in [7, 11) is 0. The van der Waals surface area contributed by atoms with Gasteiger partial charge in [0, 0.05) is 5.92 Å². The smallest absolute Gasteiger partial charge is 0.317 e. The van der Waals surface area contributed by atoms with Crippen LogP contribution in [0.25, 0.3) is 6.08 Å². The highest BCUT2D eigenvalue weighted by atomic mass is 16.5. The predicted octanol–water partition coefficient (Wildman–Crippen LogP) is 4.87. The highest BCUT2D eigenvalue weighted by molar-refractivity contribution is 5.99. The Morgan fingerprint density at radius 2 is 1.50 bits per heavy atom. The van der Waals surface area contributed by atoms with Crippen molar-refractivity contribution >= 4 is 17.8 Å². The summed E-state index contributed by atoms with van der Waals surface area (Å²) in [6.45, 7) is 7.50. The van der Waals surface area contributed by atoms with E-state index in [4.69, 9.17) is 4.74 Å². The Balaban J connectivity index is 2.42. The molecule has 0 radical (unpaired) electrons. The highest BCUT2D eigenvalue weighted by Crippen LogP contribution is 2.29. The van der Waals surface area contributed by atoms with E-state index in [2.05, 4.69) is 0 Å². The molecule has 136 valence electrons. The number of carbonyl (C=O) groups is 2. The van der Waals surface area contributed by atoms with Gasteiger partial charge in [-0.1, -0.05) is 71.8 Å². The van der Waals surface area contributed by atoms with E-state index in [9.17, 15) is 9.59 Å². The van der Waals surface area contributed by atoms with Gasteiger partial charge in [-0.05, 0) is 38.8 Å². The monoisotopic (exact) mass is 350 g/mol. The van der Waals surface area contributed by atoms with E-state index in [1.54, 1.807) is 6.92 Å². The minimum absolute atomic E-state index is 0.192. The maximum absolute atomic E-state index is 12.4. The van der Waals surface area contributed by atoms with Crippen LogP contribution in [0.1, 0.15) is 42.0 Å². The van der Waals surface area contributed by atoms with Gasteiger partial charge in [-0.15, -0.1) is 0 Å². The number of rotatable bonds is 7. The summed E-state index contributed by atoms with van der Waals surface area (Å²) in [4.78, 5) is 24.7. The standard InChI is InChI=1S/C23H26O3/c1-5-26-23(25)22(18(4)24)21(20-13-8-17(3)9-14-20)15-12-19-10-6-16(2)7-11-19/h6-15,21-22H,5H2,1-4H3/b15-12+. The van der Waals surface area contributed by atoms with Crippen LogP contribution in [0.15, 0.2) is 54.6 Å². The van der Waals surface area contributed by atoms with Gasteiger partial charge in [-0.25, -0.2) is 0 Å². The van der Waals surface area contributed by atoms with Gasteiger partial charge < -0.3 is 4.74 Å². The Bertz CT molecular complexity index is 770. The van der Waals surface area contributed by atoms with Crippen molar-refractivity contribution in [2.24, 2.45) is 5.92 Å². The summed E-state index contributed by atoms with van der Waals surface area (Å²) in [6.07, 6.45) is 3.89. The van der Waals surface area contributed by atoms with Gasteiger partial charge in [0.2, 0.25) is 0 Å². The van der Waals surface area contributed by atoms with E-state index >= 15 is 0 Å². The minimum atomic E-state index is -0.848. The highest BCUT2D eigenvalue weighted by Gasteiger charge is 2.33. The molecule has 2 unspecified atom stereocenters. The molecule has 26 heavy (non-hydrogen) atoms. The van der Waals surface area contributed by atoms with Crippen LogP contribution in [0.3, 0.4) is 0 Å². The van der Waals surface area contributed by atoms with Crippen molar-refractivity contribution in [2.75, 3.05) is 6.61 Å². The van der Waals surface area contributed by atoms with E-state index < -0.39 is 11.9 Å². The first-order valence-corrected chi connectivity index (χ1v) is 8.91. The number of ether oxygens (including phenoxy) is 1. The molecule has 2 atom stereocenters. The van der Waals surface area contributed by atoms with Crippen LogP contribution < -0.4 is 0 Å². The number of esters is 1. The van der Waals surface area contributed by atoms with Crippen molar-refractivity contribution in [2.45, 2.75) is 33.6 Å². The first kappa shape index (κ1) is 19.6. The van der Waals surface area contributed by atoms with Gasteiger partial charge in [0.1, 0.15) is 11.7 Å². The molecular weight excluding hydrogens is 324 g/mol. The molecule has 3 heteroatoms. The number of Topliss-reactive ketones (excluding diaryl/α,β-unsaturated/α-hetero) is 1. The molecule has 0 heterocycles. The van der Waals surface area contributed by atoms with Gasteiger partial charge in [-0.2, -0.15) is 0 Å². The zero-order valence-corrected chi connectivity index (χ0v) is 15.9. The topological polar surface area (TPSA) is 43.4 Å². The second kappa shape index (κ2) is 9.14. The summed E-state index contributed by atoms with van der Waals surface area (Å²) in [6, 6.07) is 16.0. The maximum atomic E-state index is 12.4. The van der Waals surface area contributed by atoms with Crippen LogP contribution in [-0.4, -0.2) is 18.4 Å². The van der Waals surface area contributed by atoms with Crippen LogP contribution in [0, 0.1) is 19.8 Å². The second-order valence-electron chi connectivity index (χ2n) is 6.55. The molecule has 2 aromatic rings. The lowest BCUT2D eigenvalue weighted by molar-refractivity contribution is -0.151. The molecule has 2 rings (SSSR count). The lowest BCUT2D eigenvalue weighted by Crippen LogP contribution is -2.29. The van der Waals surface area contributed by atoms with Crippen LogP contribution in [0.2, 0.25) is 0 Å². The van der Waals surface area contributed by atoms with E-state index in [-0.39, 0.29) is 18.3 Å². The minimum Gasteiger partial charge on any atom is -0.465 e. The van der Waals surface area contributed by atoms with Crippen molar-refractivity contribution < 1.29 is 14.3 Å². The number of ketones is 1. The summed E-state index contributed by atoms with van der Waals surface area (Å²) < 4.78 is 5.17. The van der Waals surface area contributed by atoms with Crippen LogP contribution in [-0.2, 0) is 14.3 Å². The lowest BCUT2D eigenvalue weighted by Gasteiger charge is -2.21. The number of hydrogen-bond donors (Lipinski definition) is 0. The molecule has 0 saturated carbocycles. The molecule has 0 N–H and O–H groups in total. The molecule has 2 aromatic carbocycles. The first-order chi connectivity index (χ1) is 12.4. The average molecular weight is 350 g/mol. The van der Waals surface area contributed by atoms with Gasteiger partial charge in [0.05, 0.1) is 6.61 Å². The van der Waals surface area contributed by atoms with Gasteiger partial charge in [0.15, 0.2) is 0 Å². The van der Waals surface area contributed by atoms with Crippen molar-refractivity contribution in [3.8, 4) is 0 Å². The Morgan fingerprint density at radius 1 is 0.962 bits per heavy atom. The van der Waals surface area contributed by atoms with Crippen LogP contribution in [0.5, 0.6) is 0 Å². The summed E-state index contributed by atoms with van der Waals surface area (Å²) >= 11 is 0. The second-order valence-corrected chi connectivity index (χ2v) is 6.55. The molecule has 0 aliphatic rings. The largest absolute Gasteiger partial charge is 0.465 e. The van der Waals surface area contributed by atoms with Crippen molar-refractivity contribution in [3.05, 3.63) is 76.9 Å². The number of allylic oxidation sites excluding steroid dienone is 1. The number of aryl methyl sites for hydroxylation is 2. The quantitative estimate of drug-likeness (QED) is 0.528. The van der Waals surface area contributed by atoms with E-state index in [1.807, 2.05) is 74.5 Å². The van der Waals surface area contributed by atoms with E-state index in [1.165, 1.54) is 12.5 Å².